The van der Waals surface area contributed by atoms with Gasteiger partial charge in [-0.2, -0.15) is 0 Å². The number of nitrogens with zero attached hydrogens (tertiary/aromatic N) is 3. The van der Waals surface area contributed by atoms with Gasteiger partial charge in [0.25, 0.3) is 0 Å². The van der Waals surface area contributed by atoms with E-state index in [9.17, 15) is 28.0 Å². The van der Waals surface area contributed by atoms with E-state index in [1.807, 2.05) is 31.2 Å². The standard InChI is InChI=1S/C36H53F2N5O7/c1-7-48-25-18-24-19-43(28(21-42(24)20-25)32(45)39-27-14-17-49-29-11-9-8-10-26(27)29)33(46)30(23-12-15-36(37,38)16-13-23)40-31(44)22(2)41(6)34(47)50-35(3,4)5/h8-11,22-25,27-28,30H,7,12-21H2,1-6H3,(H,39,45)(H,40,44)/t22-,24-,25-,27-,28+,30+/m1/s1. The molecule has 2 saturated heterocycles. The van der Waals surface area contributed by atoms with Crippen molar-refractivity contribution in [1.29, 1.82) is 0 Å². The van der Waals surface area contributed by atoms with Crippen LogP contribution in [0.1, 0.15) is 84.7 Å². The van der Waals surface area contributed by atoms with Crippen molar-refractivity contribution in [2.45, 2.75) is 121 Å². The van der Waals surface area contributed by atoms with E-state index >= 15 is 0 Å². The SMILES string of the molecule is CCO[C@@H]1C[C@@H]2CN(C(=O)[C@@H](NC(=O)[C@@H](C)N(C)C(=O)OC(C)(C)C)C3CCC(F)(F)CC3)[C@H](C(=O)N[C@@H]3CCOc4ccccc43)CN2C1. The number of carbonyl (C=O) groups is 4. The van der Waals surface area contributed by atoms with Gasteiger partial charge in [0.2, 0.25) is 23.6 Å². The first-order chi connectivity index (χ1) is 23.6. The van der Waals surface area contributed by atoms with Gasteiger partial charge in [-0.05, 0) is 65.9 Å². The summed E-state index contributed by atoms with van der Waals surface area (Å²) in [5.41, 5.74) is 0.0619. The minimum absolute atomic E-state index is 0.0193. The van der Waals surface area contributed by atoms with Crippen LogP contribution in [0.3, 0.4) is 0 Å². The smallest absolute Gasteiger partial charge is 0.410 e. The molecule has 0 bridgehead atoms. The van der Waals surface area contributed by atoms with Crippen molar-refractivity contribution in [2.24, 2.45) is 5.92 Å². The second-order valence-corrected chi connectivity index (χ2v) is 15.1. The van der Waals surface area contributed by atoms with Crippen LogP contribution >= 0.6 is 0 Å². The van der Waals surface area contributed by atoms with E-state index in [1.165, 1.54) is 18.9 Å². The Morgan fingerprint density at radius 3 is 2.46 bits per heavy atom. The normalized spacial score (nSPS) is 26.4. The predicted molar refractivity (Wildman–Crippen MR) is 181 cm³/mol. The predicted octanol–water partition coefficient (Wildman–Crippen LogP) is 3.88. The van der Waals surface area contributed by atoms with E-state index in [0.29, 0.717) is 38.3 Å². The maximum Gasteiger partial charge on any atom is 0.410 e. The molecule has 14 heteroatoms. The van der Waals surface area contributed by atoms with Gasteiger partial charge in [-0.3, -0.25) is 24.2 Å². The van der Waals surface area contributed by atoms with Crippen molar-refractivity contribution in [3.8, 4) is 5.75 Å². The molecule has 1 aliphatic carbocycles. The molecule has 0 radical (unpaired) electrons. The molecule has 6 atom stereocenters. The number of halogens is 2. The molecule has 0 unspecified atom stereocenters. The molecular formula is C36H53F2N5O7. The number of piperazine rings is 1. The first-order valence-electron chi connectivity index (χ1n) is 17.9. The molecule has 12 nitrogen and oxygen atoms in total. The number of rotatable bonds is 9. The molecular weight excluding hydrogens is 652 g/mol. The average molecular weight is 706 g/mol. The Kier molecular flexibility index (Phi) is 11.6. The number of nitrogens with one attached hydrogen (secondary N) is 2. The Morgan fingerprint density at radius 1 is 1.08 bits per heavy atom. The number of fused-ring (bicyclic) bond motifs is 2. The summed E-state index contributed by atoms with van der Waals surface area (Å²) in [6.07, 6.45) is -0.325. The van der Waals surface area contributed by atoms with E-state index < -0.39 is 66.3 Å². The number of likely N-dealkylation sites (N-methyl/N-ethyl adjacent to an activating group) is 1. The van der Waals surface area contributed by atoms with Gasteiger partial charge in [0.05, 0.1) is 18.8 Å². The zero-order valence-corrected chi connectivity index (χ0v) is 30.1. The van der Waals surface area contributed by atoms with Gasteiger partial charge in [-0.1, -0.05) is 18.2 Å². The highest BCUT2D eigenvalue weighted by molar-refractivity contribution is 5.94. The minimum atomic E-state index is -2.86. The van der Waals surface area contributed by atoms with Crippen molar-refractivity contribution in [2.75, 3.05) is 39.9 Å². The second-order valence-electron chi connectivity index (χ2n) is 15.1. The molecule has 4 amide bonds. The second kappa shape index (κ2) is 15.4. The quantitative estimate of drug-likeness (QED) is 0.396. The lowest BCUT2D eigenvalue weighted by molar-refractivity contribution is -0.150. The van der Waals surface area contributed by atoms with Gasteiger partial charge in [-0.15, -0.1) is 0 Å². The van der Waals surface area contributed by atoms with E-state index in [-0.39, 0.29) is 50.0 Å². The molecule has 1 aromatic rings. The number of alkyl halides is 2. The maximum absolute atomic E-state index is 14.8. The Hall–Kier alpha value is -3.52. The average Bonchev–Trinajstić information content (AvgIpc) is 3.46. The minimum Gasteiger partial charge on any atom is -0.493 e. The number of hydrogen-bond acceptors (Lipinski definition) is 8. The topological polar surface area (TPSA) is 130 Å². The number of carbonyl (C=O) groups excluding carboxylic acids is 4. The number of amides is 4. The fourth-order valence-electron chi connectivity index (χ4n) is 7.51. The lowest BCUT2D eigenvalue weighted by Gasteiger charge is -2.45. The maximum atomic E-state index is 14.8. The van der Waals surface area contributed by atoms with Gasteiger partial charge in [-0.25, -0.2) is 13.6 Å². The lowest BCUT2D eigenvalue weighted by Crippen LogP contribution is -2.66. The molecule has 1 saturated carbocycles. The van der Waals surface area contributed by atoms with Crippen LogP contribution in [-0.4, -0.2) is 120 Å². The zero-order valence-electron chi connectivity index (χ0n) is 30.1. The number of benzene rings is 1. The molecule has 3 heterocycles. The third-order valence-corrected chi connectivity index (χ3v) is 10.4. The Balaban J connectivity index is 1.41. The summed E-state index contributed by atoms with van der Waals surface area (Å²) < 4.78 is 45.8. The molecule has 4 aliphatic rings. The van der Waals surface area contributed by atoms with Crippen LogP contribution < -0.4 is 15.4 Å². The highest BCUT2D eigenvalue weighted by atomic mass is 19.3. The highest BCUT2D eigenvalue weighted by Gasteiger charge is 2.49. The Labute approximate surface area is 293 Å². The number of hydrogen-bond donors (Lipinski definition) is 2. The summed E-state index contributed by atoms with van der Waals surface area (Å²) in [4.78, 5) is 60.4. The highest BCUT2D eigenvalue weighted by Crippen LogP contribution is 2.39. The first-order valence-corrected chi connectivity index (χ1v) is 17.9. The van der Waals surface area contributed by atoms with E-state index in [1.54, 1.807) is 20.8 Å². The fourth-order valence-corrected chi connectivity index (χ4v) is 7.51. The molecule has 3 aliphatic heterocycles. The molecule has 3 fully saturated rings. The van der Waals surface area contributed by atoms with Gasteiger partial charge < -0.3 is 29.7 Å². The summed E-state index contributed by atoms with van der Waals surface area (Å²) >= 11 is 0. The van der Waals surface area contributed by atoms with E-state index in [0.717, 1.165) is 10.5 Å². The number of ether oxygens (including phenoxy) is 3. The van der Waals surface area contributed by atoms with Gasteiger partial charge in [0.1, 0.15) is 29.5 Å². The third kappa shape index (κ3) is 8.85. The van der Waals surface area contributed by atoms with Crippen LogP contribution in [-0.2, 0) is 23.9 Å². The van der Waals surface area contributed by atoms with Crippen molar-refractivity contribution in [3.63, 3.8) is 0 Å². The van der Waals surface area contributed by atoms with Crippen molar-refractivity contribution >= 4 is 23.8 Å². The summed E-state index contributed by atoms with van der Waals surface area (Å²) in [5, 5.41) is 6.01. The summed E-state index contributed by atoms with van der Waals surface area (Å²) in [6, 6.07) is 4.01. The summed E-state index contributed by atoms with van der Waals surface area (Å²) in [7, 11) is 1.43. The van der Waals surface area contributed by atoms with Crippen molar-refractivity contribution in [3.05, 3.63) is 29.8 Å². The fraction of sp³-hybridized carbons (Fsp3) is 0.722. The van der Waals surface area contributed by atoms with E-state index in [2.05, 4.69) is 15.5 Å². The van der Waals surface area contributed by atoms with Gasteiger partial charge in [0.15, 0.2) is 0 Å². The van der Waals surface area contributed by atoms with Crippen molar-refractivity contribution in [1.82, 2.24) is 25.3 Å². The Morgan fingerprint density at radius 2 is 1.78 bits per heavy atom. The van der Waals surface area contributed by atoms with Crippen LogP contribution in [0.4, 0.5) is 13.6 Å². The van der Waals surface area contributed by atoms with Crippen LogP contribution in [0.5, 0.6) is 5.75 Å². The molecule has 2 N–H and O–H groups in total. The summed E-state index contributed by atoms with van der Waals surface area (Å²) in [6.45, 7) is 10.6. The monoisotopic (exact) mass is 705 g/mol. The van der Waals surface area contributed by atoms with Crippen LogP contribution in [0, 0.1) is 5.92 Å². The van der Waals surface area contributed by atoms with Gasteiger partial charge in [0, 0.05) is 64.2 Å². The third-order valence-electron chi connectivity index (χ3n) is 10.4. The van der Waals surface area contributed by atoms with E-state index in [4.69, 9.17) is 14.2 Å². The van der Waals surface area contributed by atoms with Crippen LogP contribution in [0.25, 0.3) is 0 Å². The van der Waals surface area contributed by atoms with Crippen LogP contribution in [0.2, 0.25) is 0 Å². The molecule has 50 heavy (non-hydrogen) atoms. The first kappa shape index (κ1) is 37.7. The molecule has 0 spiro atoms. The largest absolute Gasteiger partial charge is 0.493 e. The summed E-state index contributed by atoms with van der Waals surface area (Å²) in [5.74, 6) is -4.20. The molecule has 278 valence electrons. The zero-order chi connectivity index (χ0) is 36.4. The molecule has 1 aromatic carbocycles. The number of para-hydroxylation sites is 1. The van der Waals surface area contributed by atoms with Gasteiger partial charge >= 0.3 is 6.09 Å². The molecule has 5 rings (SSSR count). The van der Waals surface area contributed by atoms with Crippen LogP contribution in [0.15, 0.2) is 24.3 Å². The molecule has 0 aromatic heterocycles. The van der Waals surface area contributed by atoms with Crippen molar-refractivity contribution < 1.29 is 42.2 Å². The lowest BCUT2D eigenvalue weighted by atomic mass is 9.81. The Bertz CT molecular complexity index is 1400.